The minimum absolute atomic E-state index is 0.0850. The number of amides is 1. The van der Waals surface area contributed by atoms with Gasteiger partial charge in [0.2, 0.25) is 0 Å². The highest BCUT2D eigenvalue weighted by molar-refractivity contribution is 7.12. The lowest BCUT2D eigenvalue weighted by Gasteiger charge is -2.38. The molecular weight excluding hydrogens is 449 g/mol. The third-order valence-electron chi connectivity index (χ3n) is 7.02. The van der Waals surface area contributed by atoms with Crippen molar-refractivity contribution in [3.8, 4) is 5.75 Å². The van der Waals surface area contributed by atoms with Gasteiger partial charge in [0.05, 0.1) is 12.0 Å². The number of rotatable bonds is 6. The maximum Gasteiger partial charge on any atom is 0.263 e. The summed E-state index contributed by atoms with van der Waals surface area (Å²) in [7, 11) is 1.69. The molecule has 0 spiro atoms. The van der Waals surface area contributed by atoms with Crippen LogP contribution < -0.4 is 9.64 Å². The van der Waals surface area contributed by atoms with E-state index in [-0.39, 0.29) is 23.6 Å². The largest absolute Gasteiger partial charge is 0.497 e. The Morgan fingerprint density at radius 1 is 1.03 bits per heavy atom. The summed E-state index contributed by atoms with van der Waals surface area (Å²) in [5.74, 6) is 1.15. The highest BCUT2D eigenvalue weighted by Gasteiger charge is 2.38. The fourth-order valence-electron chi connectivity index (χ4n) is 5.22. The third-order valence-corrected chi connectivity index (χ3v) is 7.88. The fourth-order valence-corrected chi connectivity index (χ4v) is 5.91. The summed E-state index contributed by atoms with van der Waals surface area (Å²) < 4.78 is 19.4. The number of methoxy groups -OCH3 is 1. The van der Waals surface area contributed by atoms with E-state index >= 15 is 0 Å². The van der Waals surface area contributed by atoms with Crippen LogP contribution in [0.3, 0.4) is 0 Å². The summed E-state index contributed by atoms with van der Waals surface area (Å²) in [6.07, 6.45) is 0. The van der Waals surface area contributed by atoms with Crippen molar-refractivity contribution in [2.75, 3.05) is 57.8 Å². The number of ether oxygens (including phenoxy) is 1. The molecule has 2 saturated heterocycles. The Kier molecular flexibility index (Phi) is 6.83. The van der Waals surface area contributed by atoms with Gasteiger partial charge in [-0.05, 0) is 47.2 Å². The molecular formula is C27H30FN3O2S. The number of piperazine rings is 1. The Labute approximate surface area is 204 Å². The zero-order valence-electron chi connectivity index (χ0n) is 19.4. The zero-order chi connectivity index (χ0) is 23.5. The number of hydrogen-bond acceptors (Lipinski definition) is 5. The molecule has 1 aromatic heterocycles. The van der Waals surface area contributed by atoms with Crippen molar-refractivity contribution in [3.63, 3.8) is 0 Å². The molecule has 2 aromatic carbocycles. The van der Waals surface area contributed by atoms with Crippen LogP contribution >= 0.6 is 11.3 Å². The van der Waals surface area contributed by atoms with Gasteiger partial charge in [0.1, 0.15) is 11.6 Å². The Hall–Kier alpha value is -2.90. The second-order valence-electron chi connectivity index (χ2n) is 9.10. The molecule has 0 radical (unpaired) electrons. The van der Waals surface area contributed by atoms with Gasteiger partial charge in [-0.2, -0.15) is 0 Å². The van der Waals surface area contributed by atoms with Crippen LogP contribution in [0.2, 0.25) is 0 Å². The quantitative estimate of drug-likeness (QED) is 0.519. The normalized spacial score (nSPS) is 21.1. The van der Waals surface area contributed by atoms with Crippen LogP contribution in [-0.2, 0) is 0 Å². The molecule has 0 bridgehead atoms. The average Bonchev–Trinajstić information content (AvgIpc) is 3.55. The summed E-state index contributed by atoms with van der Waals surface area (Å²) in [6.45, 7) is 6.06. The predicted octanol–water partition coefficient (Wildman–Crippen LogP) is 4.57. The van der Waals surface area contributed by atoms with E-state index in [2.05, 4.69) is 21.9 Å². The molecule has 178 valence electrons. The van der Waals surface area contributed by atoms with E-state index in [1.165, 1.54) is 23.1 Å². The van der Waals surface area contributed by atoms with Gasteiger partial charge in [-0.3, -0.25) is 9.69 Å². The van der Waals surface area contributed by atoms with Crippen LogP contribution in [0.4, 0.5) is 10.1 Å². The van der Waals surface area contributed by atoms with E-state index in [9.17, 15) is 9.18 Å². The van der Waals surface area contributed by atoms with E-state index in [4.69, 9.17) is 4.74 Å². The maximum atomic E-state index is 14.0. The van der Waals surface area contributed by atoms with Crippen LogP contribution in [0.15, 0.2) is 66.0 Å². The molecule has 3 aromatic rings. The predicted molar refractivity (Wildman–Crippen MR) is 135 cm³/mol. The van der Waals surface area contributed by atoms with Crippen molar-refractivity contribution in [1.29, 1.82) is 0 Å². The smallest absolute Gasteiger partial charge is 0.263 e. The molecule has 5 nitrogen and oxygen atoms in total. The summed E-state index contributed by atoms with van der Waals surface area (Å²) in [5.41, 5.74) is 2.17. The highest BCUT2D eigenvalue weighted by atomic mass is 32.1. The summed E-state index contributed by atoms with van der Waals surface area (Å²) in [5, 5.41) is 1.94. The first-order valence-electron chi connectivity index (χ1n) is 11.8. The van der Waals surface area contributed by atoms with Crippen LogP contribution in [0.1, 0.15) is 21.2 Å². The van der Waals surface area contributed by atoms with Gasteiger partial charge in [0.15, 0.2) is 0 Å². The first-order chi connectivity index (χ1) is 16.6. The first-order valence-corrected chi connectivity index (χ1v) is 12.7. The molecule has 2 fully saturated rings. The monoisotopic (exact) mass is 479 g/mol. The van der Waals surface area contributed by atoms with E-state index in [1.54, 1.807) is 19.2 Å². The second-order valence-corrected chi connectivity index (χ2v) is 10.0. The Bertz CT molecular complexity index is 1110. The van der Waals surface area contributed by atoms with Gasteiger partial charge in [-0.25, -0.2) is 4.39 Å². The van der Waals surface area contributed by atoms with Crippen LogP contribution in [-0.4, -0.2) is 68.6 Å². The number of nitrogens with zero attached hydrogens (tertiary/aromatic N) is 3. The van der Waals surface area contributed by atoms with Gasteiger partial charge in [0.25, 0.3) is 5.91 Å². The van der Waals surface area contributed by atoms with Crippen LogP contribution in [0, 0.1) is 11.7 Å². The van der Waals surface area contributed by atoms with Crippen molar-refractivity contribution in [2.45, 2.75) is 5.92 Å². The molecule has 2 atom stereocenters. The molecule has 0 aliphatic carbocycles. The van der Waals surface area contributed by atoms with Crippen molar-refractivity contribution in [1.82, 2.24) is 9.80 Å². The fraction of sp³-hybridized carbons (Fsp3) is 0.370. The van der Waals surface area contributed by atoms with Crippen molar-refractivity contribution < 1.29 is 13.9 Å². The Balaban J connectivity index is 1.27. The molecule has 0 saturated carbocycles. The number of carbonyl (C=O) groups is 1. The molecule has 3 heterocycles. The van der Waals surface area contributed by atoms with Crippen molar-refractivity contribution in [2.24, 2.45) is 5.92 Å². The number of benzene rings is 2. The lowest BCUT2D eigenvalue weighted by Crippen LogP contribution is -2.48. The highest BCUT2D eigenvalue weighted by Crippen LogP contribution is 2.35. The molecule has 1 amide bonds. The summed E-state index contributed by atoms with van der Waals surface area (Å²) in [6, 6.07) is 18.9. The van der Waals surface area contributed by atoms with Gasteiger partial charge in [-0.1, -0.05) is 24.3 Å². The molecule has 7 heteroatoms. The number of hydrogen-bond donors (Lipinski definition) is 0. The van der Waals surface area contributed by atoms with Gasteiger partial charge >= 0.3 is 0 Å². The second kappa shape index (κ2) is 10.2. The van der Waals surface area contributed by atoms with Crippen molar-refractivity contribution >= 4 is 22.9 Å². The molecule has 5 rings (SSSR count). The van der Waals surface area contributed by atoms with Crippen LogP contribution in [0.25, 0.3) is 0 Å². The van der Waals surface area contributed by atoms with Crippen LogP contribution in [0.5, 0.6) is 5.75 Å². The molecule has 0 unspecified atom stereocenters. The minimum atomic E-state index is -0.216. The number of carbonyl (C=O) groups excluding carboxylic acids is 1. The number of thiophene rings is 1. The topological polar surface area (TPSA) is 36.0 Å². The minimum Gasteiger partial charge on any atom is -0.497 e. The van der Waals surface area contributed by atoms with Gasteiger partial charge in [0, 0.05) is 63.5 Å². The number of halogens is 1. The lowest BCUT2D eigenvalue weighted by atomic mass is 9.88. The van der Waals surface area contributed by atoms with E-state index in [0.717, 1.165) is 48.9 Å². The Morgan fingerprint density at radius 3 is 2.59 bits per heavy atom. The van der Waals surface area contributed by atoms with E-state index in [1.807, 2.05) is 40.6 Å². The first kappa shape index (κ1) is 22.9. The Morgan fingerprint density at radius 2 is 1.85 bits per heavy atom. The maximum absolute atomic E-state index is 14.0. The van der Waals surface area contributed by atoms with E-state index < -0.39 is 0 Å². The molecule has 2 aliphatic rings. The van der Waals surface area contributed by atoms with Gasteiger partial charge < -0.3 is 14.5 Å². The summed E-state index contributed by atoms with van der Waals surface area (Å²) >= 11 is 1.48. The van der Waals surface area contributed by atoms with E-state index in [0.29, 0.717) is 13.1 Å². The average molecular weight is 480 g/mol. The van der Waals surface area contributed by atoms with Gasteiger partial charge in [-0.15, -0.1) is 11.3 Å². The number of anilines is 1. The zero-order valence-corrected chi connectivity index (χ0v) is 20.2. The van der Waals surface area contributed by atoms with Crippen molar-refractivity contribution in [3.05, 3.63) is 82.3 Å². The lowest BCUT2D eigenvalue weighted by molar-refractivity contribution is 0.0787. The summed E-state index contributed by atoms with van der Waals surface area (Å²) in [4.78, 5) is 20.7. The molecule has 34 heavy (non-hydrogen) atoms. The molecule has 0 N–H and O–H groups in total. The molecule has 2 aliphatic heterocycles. The third kappa shape index (κ3) is 4.95. The number of likely N-dealkylation sites (tertiary alicyclic amines) is 1. The standard InChI is InChI=1S/C27H30FN3O2S/c1-33-24-8-3-7-23(16-24)30-12-10-29(11-13-30)17-21-18-31(27(32)26-9-4-14-34-26)19-25(21)20-5-2-6-22(28)15-20/h2-9,14-16,21,25H,10-13,17-19H2,1H3/t21-,25-/m1/s1. The SMILES string of the molecule is COc1cccc(N2CCN(C[C@@H]3CN(C(=O)c4cccs4)C[C@@H]3c3cccc(F)c3)CC2)c1.